The highest BCUT2D eigenvalue weighted by Crippen LogP contribution is 2.06. The number of carboxylic acid groups (broad SMARTS) is 1. The lowest BCUT2D eigenvalue weighted by Crippen LogP contribution is -2.52. The van der Waals surface area contributed by atoms with E-state index >= 15 is 0 Å². The second-order valence-corrected chi connectivity index (χ2v) is 4.27. The van der Waals surface area contributed by atoms with E-state index in [4.69, 9.17) is 14.9 Å². The van der Waals surface area contributed by atoms with Crippen LogP contribution >= 0.6 is 0 Å². The van der Waals surface area contributed by atoms with Crippen LogP contribution in [0.1, 0.15) is 19.8 Å². The maximum atomic E-state index is 11.9. The molecule has 0 aliphatic carbocycles. The molecule has 1 saturated heterocycles. The molecule has 3 N–H and O–H groups in total. The van der Waals surface area contributed by atoms with E-state index in [1.165, 1.54) is 4.90 Å². The van der Waals surface area contributed by atoms with Crippen LogP contribution in [0.25, 0.3) is 0 Å². The van der Waals surface area contributed by atoms with Crippen LogP contribution in [0.2, 0.25) is 0 Å². The number of aliphatic carboxylic acids is 1. The summed E-state index contributed by atoms with van der Waals surface area (Å²) < 4.78 is 5.24. The number of carboxylic acids is 1. The molecule has 2 unspecified atom stereocenters. The van der Waals surface area contributed by atoms with Crippen molar-refractivity contribution in [2.24, 2.45) is 0 Å². The monoisotopic (exact) mass is 260 g/mol. The van der Waals surface area contributed by atoms with Gasteiger partial charge in [-0.05, 0) is 6.42 Å². The summed E-state index contributed by atoms with van der Waals surface area (Å²) in [7, 11) is 0. The van der Waals surface area contributed by atoms with Crippen LogP contribution < -0.4 is 5.32 Å². The topological polar surface area (TPSA) is 99.1 Å². The standard InChI is InChI=1S/C11H20N2O5/c1-2-8(5-10(15)16)12-11(17)13-3-4-18-9(6-13)7-14/h8-9,14H,2-7H2,1H3,(H,12,17)(H,15,16). The first-order valence-electron chi connectivity index (χ1n) is 6.06. The lowest BCUT2D eigenvalue weighted by Gasteiger charge is -2.33. The Balaban J connectivity index is 2.45. The zero-order valence-electron chi connectivity index (χ0n) is 10.5. The first-order chi connectivity index (χ1) is 8.56. The van der Waals surface area contributed by atoms with E-state index in [0.717, 1.165) is 0 Å². The van der Waals surface area contributed by atoms with Gasteiger partial charge >= 0.3 is 12.0 Å². The van der Waals surface area contributed by atoms with Gasteiger partial charge in [0.15, 0.2) is 0 Å². The van der Waals surface area contributed by atoms with Gasteiger partial charge in [0, 0.05) is 12.6 Å². The van der Waals surface area contributed by atoms with Crippen LogP contribution in [-0.4, -0.2) is 65.6 Å². The Morgan fingerprint density at radius 3 is 2.83 bits per heavy atom. The Morgan fingerprint density at radius 2 is 2.28 bits per heavy atom. The highest BCUT2D eigenvalue weighted by atomic mass is 16.5. The number of amides is 2. The fraction of sp³-hybridized carbons (Fsp3) is 0.818. The lowest BCUT2D eigenvalue weighted by atomic mass is 10.1. The van der Waals surface area contributed by atoms with Gasteiger partial charge in [0.05, 0.1) is 32.3 Å². The van der Waals surface area contributed by atoms with E-state index in [1.807, 2.05) is 6.92 Å². The second kappa shape index (κ2) is 7.17. The largest absolute Gasteiger partial charge is 0.481 e. The van der Waals surface area contributed by atoms with Crippen molar-refractivity contribution < 1.29 is 24.5 Å². The van der Waals surface area contributed by atoms with E-state index in [1.54, 1.807) is 0 Å². The molecule has 7 nitrogen and oxygen atoms in total. The lowest BCUT2D eigenvalue weighted by molar-refractivity contribution is -0.137. The molecule has 1 aliphatic heterocycles. The minimum atomic E-state index is -0.933. The smallest absolute Gasteiger partial charge is 0.317 e. The Hall–Kier alpha value is -1.34. The molecule has 1 rings (SSSR count). The van der Waals surface area contributed by atoms with Crippen molar-refractivity contribution >= 4 is 12.0 Å². The fourth-order valence-electron chi connectivity index (χ4n) is 1.79. The quantitative estimate of drug-likeness (QED) is 0.627. The number of nitrogens with zero attached hydrogens (tertiary/aromatic N) is 1. The number of carbonyl (C=O) groups is 2. The van der Waals surface area contributed by atoms with Crippen molar-refractivity contribution in [3.63, 3.8) is 0 Å². The molecule has 0 aromatic heterocycles. The molecule has 18 heavy (non-hydrogen) atoms. The Kier molecular flexibility index (Phi) is 5.87. The minimum Gasteiger partial charge on any atom is -0.481 e. The maximum Gasteiger partial charge on any atom is 0.317 e. The highest BCUT2D eigenvalue weighted by Gasteiger charge is 2.25. The Morgan fingerprint density at radius 1 is 1.56 bits per heavy atom. The molecule has 7 heteroatoms. The highest BCUT2D eigenvalue weighted by molar-refractivity contribution is 5.76. The molecule has 0 saturated carbocycles. The number of aliphatic hydroxyl groups excluding tert-OH is 1. The number of hydrogen-bond donors (Lipinski definition) is 3. The van der Waals surface area contributed by atoms with Crippen molar-refractivity contribution in [1.82, 2.24) is 10.2 Å². The van der Waals surface area contributed by atoms with Gasteiger partial charge in [-0.25, -0.2) is 4.79 Å². The summed E-state index contributed by atoms with van der Waals surface area (Å²) in [6, 6.07) is -0.671. The Bertz CT molecular complexity index is 297. The van der Waals surface area contributed by atoms with Gasteiger partial charge in [-0.2, -0.15) is 0 Å². The molecule has 2 atom stereocenters. The van der Waals surface area contributed by atoms with E-state index in [2.05, 4.69) is 5.32 Å². The number of urea groups is 1. The van der Waals surface area contributed by atoms with E-state index in [-0.39, 0.29) is 31.2 Å². The Labute approximate surface area is 106 Å². The van der Waals surface area contributed by atoms with Gasteiger partial charge in [-0.1, -0.05) is 6.92 Å². The summed E-state index contributed by atoms with van der Waals surface area (Å²) in [5.41, 5.74) is 0. The number of rotatable bonds is 5. The summed E-state index contributed by atoms with van der Waals surface area (Å²) >= 11 is 0. The predicted molar refractivity (Wildman–Crippen MR) is 63.3 cm³/mol. The van der Waals surface area contributed by atoms with Crippen molar-refractivity contribution in [2.45, 2.75) is 31.9 Å². The number of ether oxygens (including phenoxy) is 1. The van der Waals surface area contributed by atoms with E-state index in [9.17, 15) is 9.59 Å². The fourth-order valence-corrected chi connectivity index (χ4v) is 1.79. The number of morpholine rings is 1. The summed E-state index contributed by atoms with van der Waals surface area (Å²) in [4.78, 5) is 24.0. The molecule has 1 aliphatic rings. The average molecular weight is 260 g/mol. The molecule has 1 heterocycles. The van der Waals surface area contributed by atoms with Crippen LogP contribution in [0.4, 0.5) is 4.79 Å². The molecule has 0 spiro atoms. The first kappa shape index (κ1) is 14.7. The second-order valence-electron chi connectivity index (χ2n) is 4.27. The third-order valence-electron chi connectivity index (χ3n) is 2.87. The third kappa shape index (κ3) is 4.50. The van der Waals surface area contributed by atoms with Crippen molar-refractivity contribution in [2.75, 3.05) is 26.3 Å². The van der Waals surface area contributed by atoms with Crippen LogP contribution in [0, 0.1) is 0 Å². The first-order valence-corrected chi connectivity index (χ1v) is 6.06. The van der Waals surface area contributed by atoms with Gasteiger partial charge in [-0.3, -0.25) is 4.79 Å². The van der Waals surface area contributed by atoms with Crippen molar-refractivity contribution in [3.8, 4) is 0 Å². The molecule has 0 radical (unpaired) electrons. The van der Waals surface area contributed by atoms with Gasteiger partial charge < -0.3 is 25.2 Å². The molecular weight excluding hydrogens is 240 g/mol. The van der Waals surface area contributed by atoms with Crippen LogP contribution in [0.15, 0.2) is 0 Å². The third-order valence-corrected chi connectivity index (χ3v) is 2.87. The van der Waals surface area contributed by atoms with Gasteiger partial charge in [0.2, 0.25) is 0 Å². The molecule has 0 aromatic rings. The average Bonchev–Trinajstić information content (AvgIpc) is 2.37. The number of hydrogen-bond acceptors (Lipinski definition) is 4. The summed E-state index contributed by atoms with van der Waals surface area (Å²) in [6.07, 6.45) is 0.117. The minimum absolute atomic E-state index is 0.0873. The summed E-state index contributed by atoms with van der Waals surface area (Å²) in [5.74, 6) is -0.933. The molecule has 1 fully saturated rings. The molecule has 0 bridgehead atoms. The normalized spacial score (nSPS) is 21.4. The van der Waals surface area contributed by atoms with Gasteiger partial charge in [0.1, 0.15) is 0 Å². The summed E-state index contributed by atoms with van der Waals surface area (Å²) in [6.45, 7) is 2.85. The van der Waals surface area contributed by atoms with Crippen LogP contribution in [-0.2, 0) is 9.53 Å². The zero-order chi connectivity index (χ0) is 13.5. The van der Waals surface area contributed by atoms with Crippen LogP contribution in [0.3, 0.4) is 0 Å². The number of aliphatic hydroxyl groups is 1. The van der Waals surface area contributed by atoms with Gasteiger partial charge in [0.25, 0.3) is 0 Å². The number of carbonyl (C=O) groups excluding carboxylic acids is 1. The molecule has 104 valence electrons. The molecular formula is C11H20N2O5. The predicted octanol–water partition coefficient (Wildman–Crippen LogP) is -0.358. The van der Waals surface area contributed by atoms with E-state index < -0.39 is 5.97 Å². The SMILES string of the molecule is CCC(CC(=O)O)NC(=O)N1CCOC(CO)C1. The molecule has 2 amide bonds. The van der Waals surface area contributed by atoms with Gasteiger partial charge in [-0.15, -0.1) is 0 Å². The maximum absolute atomic E-state index is 11.9. The molecule has 0 aromatic carbocycles. The van der Waals surface area contributed by atoms with Crippen LogP contribution in [0.5, 0.6) is 0 Å². The van der Waals surface area contributed by atoms with E-state index in [0.29, 0.717) is 26.1 Å². The van der Waals surface area contributed by atoms with Crippen molar-refractivity contribution in [1.29, 1.82) is 0 Å². The number of nitrogens with one attached hydrogen (secondary N) is 1. The zero-order valence-corrected chi connectivity index (χ0v) is 10.5. The summed E-state index contributed by atoms with van der Waals surface area (Å²) in [5, 5.41) is 20.4. The van der Waals surface area contributed by atoms with Crippen molar-refractivity contribution in [3.05, 3.63) is 0 Å².